The summed E-state index contributed by atoms with van der Waals surface area (Å²) < 4.78 is 4.65. The average molecular weight is 283 g/mol. The molecule has 0 aromatic heterocycles. The maximum Gasteiger partial charge on any atom is 0.337 e. The third-order valence-corrected chi connectivity index (χ3v) is 3.40. The van der Waals surface area contributed by atoms with Crippen molar-refractivity contribution in [3.63, 3.8) is 0 Å². The van der Waals surface area contributed by atoms with Gasteiger partial charge in [-0.2, -0.15) is 0 Å². The number of esters is 1. The molecule has 0 fully saturated rings. The van der Waals surface area contributed by atoms with E-state index in [0.29, 0.717) is 11.1 Å². The molecule has 0 saturated carbocycles. The molecule has 1 N–H and O–H groups in total. The number of methoxy groups -OCH3 is 1. The van der Waals surface area contributed by atoms with Crippen molar-refractivity contribution in [3.8, 4) is 0 Å². The van der Waals surface area contributed by atoms with Crippen molar-refractivity contribution in [1.82, 2.24) is 0 Å². The average Bonchev–Trinajstić information content (AvgIpc) is 2.51. The molecular formula is C17H17NO3. The minimum Gasteiger partial charge on any atom is -0.465 e. The van der Waals surface area contributed by atoms with Crippen LogP contribution in [0.2, 0.25) is 0 Å². The fraction of sp³-hybridized carbons (Fsp3) is 0.176. The van der Waals surface area contributed by atoms with E-state index in [2.05, 4.69) is 10.1 Å². The normalized spacial score (nSPS) is 10.0. The minimum absolute atomic E-state index is 0.255. The van der Waals surface area contributed by atoms with E-state index in [9.17, 15) is 9.59 Å². The van der Waals surface area contributed by atoms with Gasteiger partial charge in [0.05, 0.1) is 12.7 Å². The first-order chi connectivity index (χ1) is 10.0. The van der Waals surface area contributed by atoms with Gasteiger partial charge in [-0.3, -0.25) is 4.79 Å². The lowest BCUT2D eigenvalue weighted by atomic mass is 10.1. The molecule has 0 radical (unpaired) electrons. The summed E-state index contributed by atoms with van der Waals surface area (Å²) in [6, 6.07) is 12.2. The number of rotatable bonds is 3. The zero-order valence-electron chi connectivity index (χ0n) is 12.3. The SMILES string of the molecule is COC(=O)c1cccc(C(=O)Nc2cccc(C)c2C)c1. The summed E-state index contributed by atoms with van der Waals surface area (Å²) in [7, 11) is 1.31. The van der Waals surface area contributed by atoms with Gasteiger partial charge in [0.25, 0.3) is 5.91 Å². The number of ether oxygens (including phenoxy) is 1. The van der Waals surface area contributed by atoms with Gasteiger partial charge >= 0.3 is 5.97 Å². The van der Waals surface area contributed by atoms with Gasteiger partial charge in [-0.15, -0.1) is 0 Å². The predicted molar refractivity (Wildman–Crippen MR) is 81.7 cm³/mol. The standard InChI is InChI=1S/C17H17NO3/c1-11-6-4-9-15(12(11)2)18-16(19)13-7-5-8-14(10-13)17(20)21-3/h4-10H,1-3H3,(H,18,19). The Morgan fingerprint density at radius 3 is 2.38 bits per heavy atom. The van der Waals surface area contributed by atoms with Crippen LogP contribution in [0.25, 0.3) is 0 Å². The summed E-state index contributed by atoms with van der Waals surface area (Å²) in [5.74, 6) is -0.717. The van der Waals surface area contributed by atoms with Gasteiger partial charge in [0.2, 0.25) is 0 Å². The fourth-order valence-corrected chi connectivity index (χ4v) is 1.99. The van der Waals surface area contributed by atoms with Crippen LogP contribution in [0.5, 0.6) is 0 Å². The number of amides is 1. The van der Waals surface area contributed by atoms with Crippen LogP contribution < -0.4 is 5.32 Å². The molecule has 4 heteroatoms. The van der Waals surface area contributed by atoms with Gasteiger partial charge in [0, 0.05) is 11.3 Å². The van der Waals surface area contributed by atoms with Gasteiger partial charge in [0.1, 0.15) is 0 Å². The van der Waals surface area contributed by atoms with Crippen molar-refractivity contribution in [3.05, 3.63) is 64.7 Å². The predicted octanol–water partition coefficient (Wildman–Crippen LogP) is 3.34. The minimum atomic E-state index is -0.462. The molecule has 0 aliphatic carbocycles. The highest BCUT2D eigenvalue weighted by Gasteiger charge is 2.12. The summed E-state index contributed by atoms with van der Waals surface area (Å²) in [4.78, 5) is 23.8. The highest BCUT2D eigenvalue weighted by Crippen LogP contribution is 2.19. The van der Waals surface area contributed by atoms with Gasteiger partial charge in [-0.05, 0) is 49.2 Å². The van der Waals surface area contributed by atoms with Crippen LogP contribution in [0.3, 0.4) is 0 Å². The Balaban J connectivity index is 2.25. The van der Waals surface area contributed by atoms with Crippen LogP contribution >= 0.6 is 0 Å². The Kier molecular flexibility index (Phi) is 4.38. The number of benzene rings is 2. The highest BCUT2D eigenvalue weighted by atomic mass is 16.5. The van der Waals surface area contributed by atoms with E-state index in [0.717, 1.165) is 16.8 Å². The number of anilines is 1. The molecule has 2 aromatic rings. The first-order valence-electron chi connectivity index (χ1n) is 6.59. The van der Waals surface area contributed by atoms with Crippen LogP contribution in [-0.2, 0) is 4.74 Å². The smallest absolute Gasteiger partial charge is 0.337 e. The number of carbonyl (C=O) groups excluding carboxylic acids is 2. The second-order valence-electron chi connectivity index (χ2n) is 4.77. The molecule has 0 saturated heterocycles. The van der Waals surface area contributed by atoms with Gasteiger partial charge in [0.15, 0.2) is 0 Å². The summed E-state index contributed by atoms with van der Waals surface area (Å²) in [6.45, 7) is 3.94. The van der Waals surface area contributed by atoms with E-state index in [1.165, 1.54) is 13.2 Å². The molecule has 21 heavy (non-hydrogen) atoms. The van der Waals surface area contributed by atoms with E-state index in [4.69, 9.17) is 0 Å². The Labute approximate surface area is 123 Å². The van der Waals surface area contributed by atoms with Gasteiger partial charge in [-0.25, -0.2) is 4.79 Å². The van der Waals surface area contributed by atoms with E-state index in [1.54, 1.807) is 18.2 Å². The van der Waals surface area contributed by atoms with Crippen molar-refractivity contribution in [2.24, 2.45) is 0 Å². The van der Waals surface area contributed by atoms with Crippen LogP contribution in [0.15, 0.2) is 42.5 Å². The molecule has 1 amide bonds. The zero-order chi connectivity index (χ0) is 15.4. The molecule has 108 valence electrons. The Morgan fingerprint density at radius 2 is 1.67 bits per heavy atom. The summed E-state index contributed by atoms with van der Waals surface area (Å²) in [6.07, 6.45) is 0. The van der Waals surface area contributed by atoms with Crippen LogP contribution in [-0.4, -0.2) is 19.0 Å². The molecule has 4 nitrogen and oxygen atoms in total. The number of carbonyl (C=O) groups is 2. The first kappa shape index (κ1) is 14.8. The first-order valence-corrected chi connectivity index (χ1v) is 6.59. The second kappa shape index (κ2) is 6.22. The Hall–Kier alpha value is -2.62. The molecule has 0 aliphatic heterocycles. The van der Waals surface area contributed by atoms with Crippen molar-refractivity contribution in [2.45, 2.75) is 13.8 Å². The second-order valence-corrected chi connectivity index (χ2v) is 4.77. The largest absolute Gasteiger partial charge is 0.465 e. The lowest BCUT2D eigenvalue weighted by molar-refractivity contribution is 0.0600. The molecule has 0 spiro atoms. The number of hydrogen-bond donors (Lipinski definition) is 1. The number of nitrogens with one attached hydrogen (secondary N) is 1. The van der Waals surface area contributed by atoms with Crippen molar-refractivity contribution in [1.29, 1.82) is 0 Å². The lowest BCUT2D eigenvalue weighted by Crippen LogP contribution is -2.14. The van der Waals surface area contributed by atoms with Crippen LogP contribution in [0.4, 0.5) is 5.69 Å². The molecule has 0 heterocycles. The molecule has 2 rings (SSSR count). The van der Waals surface area contributed by atoms with Gasteiger partial charge < -0.3 is 10.1 Å². The Morgan fingerprint density at radius 1 is 1.00 bits per heavy atom. The van der Waals surface area contributed by atoms with E-state index < -0.39 is 5.97 Å². The molecule has 0 bridgehead atoms. The fourth-order valence-electron chi connectivity index (χ4n) is 1.99. The summed E-state index contributed by atoms with van der Waals surface area (Å²) in [5, 5.41) is 2.86. The van der Waals surface area contributed by atoms with Crippen molar-refractivity contribution < 1.29 is 14.3 Å². The van der Waals surface area contributed by atoms with Crippen molar-refractivity contribution in [2.75, 3.05) is 12.4 Å². The monoisotopic (exact) mass is 283 g/mol. The molecule has 0 unspecified atom stereocenters. The maximum atomic E-state index is 12.3. The molecule has 0 atom stereocenters. The van der Waals surface area contributed by atoms with Crippen molar-refractivity contribution >= 4 is 17.6 Å². The van der Waals surface area contributed by atoms with Gasteiger partial charge in [-0.1, -0.05) is 18.2 Å². The summed E-state index contributed by atoms with van der Waals surface area (Å²) in [5.41, 5.74) is 3.67. The molecule has 0 aliphatic rings. The topological polar surface area (TPSA) is 55.4 Å². The highest BCUT2D eigenvalue weighted by molar-refractivity contribution is 6.06. The third kappa shape index (κ3) is 3.28. The van der Waals surface area contributed by atoms with Crippen LogP contribution in [0.1, 0.15) is 31.8 Å². The quantitative estimate of drug-likeness (QED) is 0.879. The third-order valence-electron chi connectivity index (χ3n) is 3.40. The lowest BCUT2D eigenvalue weighted by Gasteiger charge is -2.10. The Bertz CT molecular complexity index is 692. The van der Waals surface area contributed by atoms with Crippen LogP contribution in [0, 0.1) is 13.8 Å². The van der Waals surface area contributed by atoms with E-state index in [1.807, 2.05) is 32.0 Å². The molecular weight excluding hydrogens is 266 g/mol. The van der Waals surface area contributed by atoms with E-state index >= 15 is 0 Å². The number of hydrogen-bond acceptors (Lipinski definition) is 3. The maximum absolute atomic E-state index is 12.3. The number of aryl methyl sites for hydroxylation is 1. The zero-order valence-corrected chi connectivity index (χ0v) is 12.3. The molecule has 2 aromatic carbocycles. The summed E-state index contributed by atoms with van der Waals surface area (Å²) >= 11 is 0. The van der Waals surface area contributed by atoms with E-state index in [-0.39, 0.29) is 5.91 Å².